The van der Waals surface area contributed by atoms with E-state index in [0.29, 0.717) is 0 Å². The largest absolute Gasteiger partial charge is 0.397 e. The lowest BCUT2D eigenvalue weighted by molar-refractivity contribution is 0.373. The first-order valence-corrected chi connectivity index (χ1v) is 5.79. The molecule has 0 unspecified atom stereocenters. The molecule has 1 aromatic heterocycles. The minimum absolute atomic E-state index is 0.726. The zero-order chi connectivity index (χ0) is 10.5. The van der Waals surface area contributed by atoms with Crippen LogP contribution in [0.1, 0.15) is 32.1 Å². The highest BCUT2D eigenvalue weighted by Crippen LogP contribution is 2.24. The second-order valence-corrected chi connectivity index (χ2v) is 4.39. The van der Waals surface area contributed by atoms with Crippen molar-refractivity contribution in [1.29, 1.82) is 0 Å². The Morgan fingerprint density at radius 1 is 1.27 bits per heavy atom. The molecule has 1 aromatic rings. The molecule has 0 saturated heterocycles. The average Bonchev–Trinajstić information content (AvgIpc) is 2.28. The number of rotatable bonds is 3. The highest BCUT2D eigenvalue weighted by Gasteiger charge is 2.12. The monoisotopic (exact) mass is 205 g/mol. The lowest BCUT2D eigenvalue weighted by atomic mass is 9.89. The van der Waals surface area contributed by atoms with Crippen molar-refractivity contribution in [2.24, 2.45) is 5.92 Å². The molecule has 1 heterocycles. The maximum absolute atomic E-state index is 5.66. The molecule has 0 spiro atoms. The number of aromatic nitrogens is 1. The van der Waals surface area contributed by atoms with E-state index in [1.165, 1.54) is 32.1 Å². The fraction of sp³-hybridized carbons (Fsp3) is 0.583. The van der Waals surface area contributed by atoms with Gasteiger partial charge in [-0.3, -0.25) is 4.98 Å². The molecule has 0 amide bonds. The number of hydrogen-bond acceptors (Lipinski definition) is 3. The highest BCUT2D eigenvalue weighted by molar-refractivity contribution is 5.51. The summed E-state index contributed by atoms with van der Waals surface area (Å²) in [5, 5.41) is 3.41. The van der Waals surface area contributed by atoms with Crippen molar-refractivity contribution in [3.8, 4) is 0 Å². The Bertz CT molecular complexity index is 305. The zero-order valence-electron chi connectivity index (χ0n) is 9.08. The van der Waals surface area contributed by atoms with Crippen LogP contribution in [0.3, 0.4) is 0 Å². The van der Waals surface area contributed by atoms with E-state index in [1.807, 2.05) is 12.3 Å². The van der Waals surface area contributed by atoms with Gasteiger partial charge in [0.2, 0.25) is 0 Å². The standard InChI is InChI=1S/C12H19N3/c13-11-6-12(9-14-8-11)15-7-10-4-2-1-3-5-10/h6,8-10,15H,1-5,7,13H2. The van der Waals surface area contributed by atoms with Crippen LogP contribution in [0, 0.1) is 5.92 Å². The van der Waals surface area contributed by atoms with Crippen LogP contribution in [0.15, 0.2) is 18.5 Å². The maximum Gasteiger partial charge on any atom is 0.0547 e. The summed E-state index contributed by atoms with van der Waals surface area (Å²) in [6.45, 7) is 1.06. The van der Waals surface area contributed by atoms with Gasteiger partial charge in [-0.2, -0.15) is 0 Å². The van der Waals surface area contributed by atoms with E-state index < -0.39 is 0 Å². The van der Waals surface area contributed by atoms with Crippen molar-refractivity contribution < 1.29 is 0 Å². The van der Waals surface area contributed by atoms with Gasteiger partial charge in [0.15, 0.2) is 0 Å². The van der Waals surface area contributed by atoms with E-state index in [-0.39, 0.29) is 0 Å². The van der Waals surface area contributed by atoms with Crippen molar-refractivity contribution in [2.45, 2.75) is 32.1 Å². The second kappa shape index (κ2) is 5.01. The summed E-state index contributed by atoms with van der Waals surface area (Å²) in [6, 6.07) is 1.94. The van der Waals surface area contributed by atoms with Gasteiger partial charge in [0.1, 0.15) is 0 Å². The molecule has 0 aliphatic heterocycles. The van der Waals surface area contributed by atoms with E-state index >= 15 is 0 Å². The number of nitrogens with zero attached hydrogens (tertiary/aromatic N) is 1. The number of pyridine rings is 1. The molecule has 0 bridgehead atoms. The molecule has 0 atom stereocenters. The summed E-state index contributed by atoms with van der Waals surface area (Å²) in [5.74, 6) is 0.834. The van der Waals surface area contributed by atoms with Crippen LogP contribution in [0.5, 0.6) is 0 Å². The lowest BCUT2D eigenvalue weighted by Crippen LogP contribution is -2.17. The predicted molar refractivity (Wildman–Crippen MR) is 63.7 cm³/mol. The molecule has 15 heavy (non-hydrogen) atoms. The molecule has 1 saturated carbocycles. The molecule has 2 rings (SSSR count). The Kier molecular flexibility index (Phi) is 3.43. The summed E-state index contributed by atoms with van der Waals surface area (Å²) in [6.07, 6.45) is 10.4. The van der Waals surface area contributed by atoms with Gasteiger partial charge >= 0.3 is 0 Å². The van der Waals surface area contributed by atoms with E-state index in [2.05, 4.69) is 10.3 Å². The first-order valence-electron chi connectivity index (χ1n) is 5.79. The Balaban J connectivity index is 1.81. The lowest BCUT2D eigenvalue weighted by Gasteiger charge is -2.22. The third-order valence-electron chi connectivity index (χ3n) is 3.08. The Hall–Kier alpha value is -1.25. The highest BCUT2D eigenvalue weighted by atomic mass is 14.9. The smallest absolute Gasteiger partial charge is 0.0547 e. The summed E-state index contributed by atoms with van der Waals surface area (Å²) in [4.78, 5) is 4.06. The number of nitrogens with two attached hydrogens (primary N) is 1. The molecular formula is C12H19N3. The number of nitrogen functional groups attached to an aromatic ring is 1. The molecule has 1 aliphatic rings. The van der Waals surface area contributed by atoms with Crippen molar-refractivity contribution >= 4 is 11.4 Å². The van der Waals surface area contributed by atoms with Crippen LogP contribution in [0.4, 0.5) is 11.4 Å². The van der Waals surface area contributed by atoms with Crippen LogP contribution < -0.4 is 11.1 Å². The predicted octanol–water partition coefficient (Wildman–Crippen LogP) is 2.66. The van der Waals surface area contributed by atoms with E-state index in [4.69, 9.17) is 5.73 Å². The van der Waals surface area contributed by atoms with E-state index in [1.54, 1.807) is 6.20 Å². The first kappa shape index (κ1) is 10.3. The number of anilines is 2. The minimum Gasteiger partial charge on any atom is -0.397 e. The van der Waals surface area contributed by atoms with Gasteiger partial charge in [-0.25, -0.2) is 0 Å². The van der Waals surface area contributed by atoms with Crippen LogP contribution in [-0.2, 0) is 0 Å². The van der Waals surface area contributed by atoms with Crippen molar-refractivity contribution in [3.63, 3.8) is 0 Å². The van der Waals surface area contributed by atoms with Gasteiger partial charge in [-0.1, -0.05) is 19.3 Å². The van der Waals surface area contributed by atoms with Crippen molar-refractivity contribution in [1.82, 2.24) is 4.98 Å². The molecule has 3 nitrogen and oxygen atoms in total. The third kappa shape index (κ3) is 3.11. The SMILES string of the molecule is Nc1cncc(NCC2CCCCC2)c1. The Morgan fingerprint density at radius 3 is 2.80 bits per heavy atom. The Labute approximate surface area is 91.1 Å². The molecule has 1 fully saturated rings. The fourth-order valence-corrected chi connectivity index (χ4v) is 2.21. The molecule has 82 valence electrons. The molecule has 3 N–H and O–H groups in total. The third-order valence-corrected chi connectivity index (χ3v) is 3.08. The summed E-state index contributed by atoms with van der Waals surface area (Å²) >= 11 is 0. The van der Waals surface area contributed by atoms with Crippen molar-refractivity contribution in [3.05, 3.63) is 18.5 Å². The number of nitrogens with one attached hydrogen (secondary N) is 1. The quantitative estimate of drug-likeness (QED) is 0.797. The van der Waals surface area contributed by atoms with E-state index in [0.717, 1.165) is 23.8 Å². The molecular weight excluding hydrogens is 186 g/mol. The second-order valence-electron chi connectivity index (χ2n) is 4.39. The van der Waals surface area contributed by atoms with Crippen LogP contribution >= 0.6 is 0 Å². The fourth-order valence-electron chi connectivity index (χ4n) is 2.21. The summed E-state index contributed by atoms with van der Waals surface area (Å²) in [7, 11) is 0. The van der Waals surface area contributed by atoms with Gasteiger partial charge in [0.05, 0.1) is 17.6 Å². The number of hydrogen-bond donors (Lipinski definition) is 2. The molecule has 1 aliphatic carbocycles. The first-order chi connectivity index (χ1) is 7.34. The molecule has 0 aromatic carbocycles. The Morgan fingerprint density at radius 2 is 2.07 bits per heavy atom. The average molecular weight is 205 g/mol. The summed E-state index contributed by atoms with van der Waals surface area (Å²) in [5.41, 5.74) is 7.43. The minimum atomic E-state index is 0.726. The van der Waals surface area contributed by atoms with Crippen molar-refractivity contribution in [2.75, 3.05) is 17.6 Å². The maximum atomic E-state index is 5.66. The topological polar surface area (TPSA) is 50.9 Å². The van der Waals surface area contributed by atoms with Crippen LogP contribution in [0.25, 0.3) is 0 Å². The van der Waals surface area contributed by atoms with Crippen LogP contribution in [-0.4, -0.2) is 11.5 Å². The van der Waals surface area contributed by atoms with Gasteiger partial charge in [0, 0.05) is 12.7 Å². The molecule has 0 radical (unpaired) electrons. The zero-order valence-corrected chi connectivity index (χ0v) is 9.08. The summed E-state index contributed by atoms with van der Waals surface area (Å²) < 4.78 is 0. The van der Waals surface area contributed by atoms with Gasteiger partial charge in [0.25, 0.3) is 0 Å². The van der Waals surface area contributed by atoms with Crippen LogP contribution in [0.2, 0.25) is 0 Å². The van der Waals surface area contributed by atoms with Gasteiger partial charge in [-0.15, -0.1) is 0 Å². The van der Waals surface area contributed by atoms with Gasteiger partial charge in [-0.05, 0) is 24.8 Å². The van der Waals surface area contributed by atoms with E-state index in [9.17, 15) is 0 Å². The normalized spacial score (nSPS) is 17.6. The molecule has 3 heteroatoms. The van der Waals surface area contributed by atoms with Gasteiger partial charge < -0.3 is 11.1 Å².